The normalized spacial score (nSPS) is 47.2. The van der Waals surface area contributed by atoms with Crippen molar-refractivity contribution in [1.29, 1.82) is 0 Å². The summed E-state index contributed by atoms with van der Waals surface area (Å²) in [5.74, 6) is -1.12. The third kappa shape index (κ3) is 3.57. The molecule has 3 unspecified atom stereocenters. The Hall–Kier alpha value is -0.830. The number of carbonyl (C=O) groups is 1. The van der Waals surface area contributed by atoms with Crippen LogP contribution in [0, 0.1) is 28.6 Å². The molecule has 4 rings (SSSR count). The topological polar surface area (TPSA) is 138 Å². The lowest BCUT2D eigenvalue weighted by Gasteiger charge is -2.61. The first-order valence-corrected chi connectivity index (χ1v) is 13.0. The maximum atomic E-state index is 13.2. The summed E-state index contributed by atoms with van der Waals surface area (Å²) in [4.78, 5) is 13.2. The summed E-state index contributed by atoms with van der Waals surface area (Å²) >= 11 is 0. The maximum Gasteiger partial charge on any atom is 0.159 e. The lowest BCUT2D eigenvalue weighted by atomic mass is 9.45. The third-order valence-corrected chi connectivity index (χ3v) is 10.6. The molecule has 0 radical (unpaired) electrons. The first-order valence-electron chi connectivity index (χ1n) is 13.0. The molecule has 0 bridgehead atoms. The van der Waals surface area contributed by atoms with Gasteiger partial charge in [0.15, 0.2) is 5.78 Å². The fourth-order valence-corrected chi connectivity index (χ4v) is 8.38. The summed E-state index contributed by atoms with van der Waals surface area (Å²) in [5, 5.41) is 66.3. The molecule has 0 aromatic carbocycles. The predicted octanol–water partition coefficient (Wildman–Crippen LogP) is 1.85. The molecule has 194 valence electrons. The second-order valence-electron chi connectivity index (χ2n) is 13.1. The van der Waals surface area contributed by atoms with Crippen LogP contribution < -0.4 is 0 Å². The summed E-state index contributed by atoms with van der Waals surface area (Å²) in [5.41, 5.74) is -4.77. The van der Waals surface area contributed by atoms with Crippen molar-refractivity contribution in [3.8, 4) is 0 Å². The third-order valence-electron chi connectivity index (χ3n) is 10.6. The fraction of sp³-hybridized carbons (Fsp3) is 0.889. The van der Waals surface area contributed by atoms with Gasteiger partial charge in [-0.15, -0.1) is 0 Å². The Morgan fingerprint density at radius 3 is 2.29 bits per heavy atom. The molecule has 4 aliphatic rings. The van der Waals surface area contributed by atoms with Gasteiger partial charge in [0, 0.05) is 16.7 Å². The minimum absolute atomic E-state index is 0.0993. The minimum atomic E-state index is -1.48. The van der Waals surface area contributed by atoms with Gasteiger partial charge in [-0.25, -0.2) is 0 Å². The summed E-state index contributed by atoms with van der Waals surface area (Å²) in [7, 11) is 0. The first-order chi connectivity index (χ1) is 15.5. The number of aliphatic hydroxyl groups excluding tert-OH is 3. The van der Waals surface area contributed by atoms with Crippen LogP contribution in [-0.4, -0.2) is 71.5 Å². The highest BCUT2D eigenvalue weighted by atomic mass is 16.3. The summed E-state index contributed by atoms with van der Waals surface area (Å²) < 4.78 is 0. The standard InChI is InChI=1S/C27H44O7/c1-23(2,32)11-10-21(30)26(5,33)20-9-13-27(34)17-14-19(29)16-6-7-18(28)22(31)25(16,4)15(17)8-12-24(20,27)3/h14-16,18,20-22,28,30-34H,6-13H2,1-5H3/t15?,16-,18-,20+,21+,22?,24+,25+,26?,27+/m0/s1. The van der Waals surface area contributed by atoms with Gasteiger partial charge in [-0.3, -0.25) is 4.79 Å². The highest BCUT2D eigenvalue weighted by molar-refractivity contribution is 5.95. The zero-order valence-electron chi connectivity index (χ0n) is 21.3. The van der Waals surface area contributed by atoms with Crippen LogP contribution in [0.4, 0.5) is 0 Å². The lowest BCUT2D eigenvalue weighted by Crippen LogP contribution is -2.65. The quantitative estimate of drug-likeness (QED) is 0.353. The molecule has 4 aliphatic carbocycles. The second kappa shape index (κ2) is 8.09. The number of allylic oxidation sites excluding steroid dienone is 1. The van der Waals surface area contributed by atoms with Crippen molar-refractivity contribution in [3.05, 3.63) is 11.6 Å². The van der Waals surface area contributed by atoms with Gasteiger partial charge in [0.2, 0.25) is 0 Å². The van der Waals surface area contributed by atoms with Gasteiger partial charge >= 0.3 is 0 Å². The van der Waals surface area contributed by atoms with E-state index in [1.54, 1.807) is 26.8 Å². The van der Waals surface area contributed by atoms with E-state index in [2.05, 4.69) is 0 Å². The molecule has 0 aromatic rings. The van der Waals surface area contributed by atoms with Gasteiger partial charge in [-0.05, 0) is 95.6 Å². The molecule has 6 N–H and O–H groups in total. The van der Waals surface area contributed by atoms with Crippen LogP contribution in [0.2, 0.25) is 0 Å². The van der Waals surface area contributed by atoms with E-state index < -0.39 is 51.9 Å². The number of hydrogen-bond donors (Lipinski definition) is 6. The number of ketones is 1. The van der Waals surface area contributed by atoms with Crippen LogP contribution in [-0.2, 0) is 4.79 Å². The highest BCUT2D eigenvalue weighted by Crippen LogP contribution is 2.68. The van der Waals surface area contributed by atoms with E-state index in [0.717, 1.165) is 0 Å². The average molecular weight is 481 g/mol. The van der Waals surface area contributed by atoms with Crippen molar-refractivity contribution < 1.29 is 35.4 Å². The molecule has 7 heteroatoms. The van der Waals surface area contributed by atoms with Crippen molar-refractivity contribution in [2.45, 2.75) is 121 Å². The Kier molecular flexibility index (Phi) is 6.24. The molecule has 3 fully saturated rings. The molecular formula is C27H44O7. The van der Waals surface area contributed by atoms with Crippen LogP contribution in [0.15, 0.2) is 11.6 Å². The lowest BCUT2D eigenvalue weighted by molar-refractivity contribution is -0.188. The molecular weight excluding hydrogens is 436 g/mol. The minimum Gasteiger partial charge on any atom is -0.390 e. The van der Waals surface area contributed by atoms with Crippen LogP contribution in [0.3, 0.4) is 0 Å². The second-order valence-corrected chi connectivity index (χ2v) is 13.1. The van der Waals surface area contributed by atoms with Gasteiger partial charge in [0.25, 0.3) is 0 Å². The largest absolute Gasteiger partial charge is 0.390 e. The van der Waals surface area contributed by atoms with Crippen molar-refractivity contribution in [2.24, 2.45) is 28.6 Å². The Labute approximate surface area is 202 Å². The summed E-state index contributed by atoms with van der Waals surface area (Å²) in [6, 6.07) is 0. The highest BCUT2D eigenvalue weighted by Gasteiger charge is 2.69. The number of aliphatic hydroxyl groups is 6. The van der Waals surface area contributed by atoms with Crippen molar-refractivity contribution in [2.75, 3.05) is 0 Å². The van der Waals surface area contributed by atoms with E-state index in [1.165, 1.54) is 0 Å². The SMILES string of the molecule is CC(C)(O)CC[C@@H](O)C(C)(O)[C@@H]1CC[C@@]2(O)C3=CC(=O)[C@@H]4CC[C@H](O)C(O)[C@]4(C)C3CC[C@]12C. The molecule has 0 aromatic heterocycles. The fourth-order valence-electron chi connectivity index (χ4n) is 8.38. The number of rotatable bonds is 5. The van der Waals surface area contributed by atoms with Crippen LogP contribution in [0.25, 0.3) is 0 Å². The number of hydrogen-bond acceptors (Lipinski definition) is 7. The zero-order valence-corrected chi connectivity index (χ0v) is 21.3. The molecule has 0 heterocycles. The van der Waals surface area contributed by atoms with Gasteiger partial charge < -0.3 is 30.6 Å². The van der Waals surface area contributed by atoms with Gasteiger partial charge in [-0.1, -0.05) is 13.8 Å². The Morgan fingerprint density at radius 2 is 1.68 bits per heavy atom. The number of carbonyl (C=O) groups excluding carboxylic acids is 1. The first kappa shape index (κ1) is 26.2. The van der Waals surface area contributed by atoms with E-state index in [-0.39, 0.29) is 24.0 Å². The van der Waals surface area contributed by atoms with Gasteiger partial charge in [-0.2, -0.15) is 0 Å². The predicted molar refractivity (Wildman–Crippen MR) is 127 cm³/mol. The Morgan fingerprint density at radius 1 is 1.03 bits per heavy atom. The van der Waals surface area contributed by atoms with E-state index in [9.17, 15) is 35.4 Å². The van der Waals surface area contributed by atoms with Crippen molar-refractivity contribution in [1.82, 2.24) is 0 Å². The molecule has 0 spiro atoms. The van der Waals surface area contributed by atoms with Crippen LogP contribution in [0.5, 0.6) is 0 Å². The molecule has 3 saturated carbocycles. The molecule has 34 heavy (non-hydrogen) atoms. The average Bonchev–Trinajstić information content (AvgIpc) is 3.02. The molecule has 0 saturated heterocycles. The van der Waals surface area contributed by atoms with Crippen LogP contribution in [0.1, 0.15) is 86.0 Å². The number of fused-ring (bicyclic) bond motifs is 5. The molecule has 0 amide bonds. The van der Waals surface area contributed by atoms with E-state index in [4.69, 9.17) is 0 Å². The molecule has 7 nitrogen and oxygen atoms in total. The van der Waals surface area contributed by atoms with E-state index in [0.29, 0.717) is 50.5 Å². The Balaban J connectivity index is 1.68. The summed E-state index contributed by atoms with van der Waals surface area (Å²) in [6.07, 6.45) is 2.12. The van der Waals surface area contributed by atoms with Gasteiger partial charge in [0.05, 0.1) is 35.1 Å². The van der Waals surface area contributed by atoms with Gasteiger partial charge in [0.1, 0.15) is 0 Å². The van der Waals surface area contributed by atoms with Crippen LogP contribution >= 0.6 is 0 Å². The van der Waals surface area contributed by atoms with Crippen molar-refractivity contribution in [3.63, 3.8) is 0 Å². The zero-order chi connectivity index (χ0) is 25.5. The Bertz CT molecular complexity index is 860. The molecule has 0 aliphatic heterocycles. The van der Waals surface area contributed by atoms with Crippen molar-refractivity contribution >= 4 is 5.78 Å². The smallest absolute Gasteiger partial charge is 0.159 e. The van der Waals surface area contributed by atoms with E-state index in [1.807, 2.05) is 13.8 Å². The summed E-state index contributed by atoms with van der Waals surface area (Å²) in [6.45, 7) is 8.79. The van der Waals surface area contributed by atoms with E-state index >= 15 is 0 Å². The monoisotopic (exact) mass is 480 g/mol. The molecule has 10 atom stereocenters. The maximum absolute atomic E-state index is 13.2.